The van der Waals surface area contributed by atoms with Gasteiger partial charge in [0.05, 0.1) is 23.3 Å². The van der Waals surface area contributed by atoms with E-state index in [2.05, 4.69) is 10.3 Å². The summed E-state index contributed by atoms with van der Waals surface area (Å²) in [6.07, 6.45) is 0. The van der Waals surface area contributed by atoms with Crippen molar-refractivity contribution in [1.82, 2.24) is 19.4 Å². The standard InChI is InChI=1S/C24H27F2N5O2S/c1-16-6-5-7-17(2)22(16)28-20(32)14-29-10-12-30(13-11-29)21(33)15-34-24-27-18-8-3-4-9-19(18)31(24)23(25)26/h3-9,23H,10-15H2,1-2H3,(H,28,32). The number of imidazole rings is 1. The molecule has 0 spiro atoms. The van der Waals surface area contributed by atoms with Crippen LogP contribution in [0.3, 0.4) is 0 Å². The summed E-state index contributed by atoms with van der Waals surface area (Å²) in [4.78, 5) is 33.2. The Morgan fingerprint density at radius 3 is 2.38 bits per heavy atom. The highest BCUT2D eigenvalue weighted by molar-refractivity contribution is 7.99. The van der Waals surface area contributed by atoms with Gasteiger partial charge in [0.15, 0.2) is 5.16 Å². The number of hydrogen-bond donors (Lipinski definition) is 1. The fourth-order valence-corrected chi connectivity index (χ4v) is 4.99. The summed E-state index contributed by atoms with van der Waals surface area (Å²) in [7, 11) is 0. The molecule has 0 saturated carbocycles. The van der Waals surface area contributed by atoms with Gasteiger partial charge in [0.2, 0.25) is 11.8 Å². The molecule has 0 atom stereocenters. The number of carbonyl (C=O) groups is 2. The summed E-state index contributed by atoms with van der Waals surface area (Å²) in [5, 5.41) is 3.12. The van der Waals surface area contributed by atoms with Crippen LogP contribution >= 0.6 is 11.8 Å². The van der Waals surface area contributed by atoms with Gasteiger partial charge in [-0.1, -0.05) is 42.1 Å². The van der Waals surface area contributed by atoms with E-state index in [0.29, 0.717) is 37.2 Å². The summed E-state index contributed by atoms with van der Waals surface area (Å²) in [5.74, 6) is -0.181. The first kappa shape index (κ1) is 24.2. The van der Waals surface area contributed by atoms with E-state index < -0.39 is 6.55 Å². The molecule has 1 saturated heterocycles. The van der Waals surface area contributed by atoms with Crippen molar-refractivity contribution in [2.75, 3.05) is 43.8 Å². The lowest BCUT2D eigenvalue weighted by molar-refractivity contribution is -0.130. The smallest absolute Gasteiger partial charge is 0.321 e. The summed E-state index contributed by atoms with van der Waals surface area (Å²) in [5.41, 5.74) is 3.70. The van der Waals surface area contributed by atoms with Crippen LogP contribution in [0.25, 0.3) is 11.0 Å². The molecule has 180 valence electrons. The largest absolute Gasteiger partial charge is 0.339 e. The molecule has 10 heteroatoms. The maximum atomic E-state index is 13.6. The van der Waals surface area contributed by atoms with Crippen molar-refractivity contribution in [3.63, 3.8) is 0 Å². The minimum atomic E-state index is -2.73. The Balaban J connectivity index is 1.28. The van der Waals surface area contributed by atoms with E-state index in [1.54, 1.807) is 29.2 Å². The zero-order chi connectivity index (χ0) is 24.2. The fourth-order valence-electron chi connectivity index (χ4n) is 4.08. The van der Waals surface area contributed by atoms with Crippen molar-refractivity contribution < 1.29 is 18.4 Å². The van der Waals surface area contributed by atoms with Gasteiger partial charge < -0.3 is 10.2 Å². The summed E-state index contributed by atoms with van der Waals surface area (Å²) < 4.78 is 28.0. The maximum absolute atomic E-state index is 13.6. The number of hydrogen-bond acceptors (Lipinski definition) is 5. The van der Waals surface area contributed by atoms with Crippen LogP contribution in [0.4, 0.5) is 14.5 Å². The lowest BCUT2D eigenvalue weighted by Gasteiger charge is -2.34. The van der Waals surface area contributed by atoms with Gasteiger partial charge in [0.1, 0.15) is 0 Å². The topological polar surface area (TPSA) is 70.5 Å². The summed E-state index contributed by atoms with van der Waals surface area (Å²) >= 11 is 1.02. The Bertz CT molecular complexity index is 1170. The number of benzene rings is 2. The van der Waals surface area contributed by atoms with E-state index >= 15 is 0 Å². The molecule has 2 aromatic carbocycles. The van der Waals surface area contributed by atoms with E-state index in [4.69, 9.17) is 0 Å². The second kappa shape index (κ2) is 10.5. The SMILES string of the molecule is Cc1cccc(C)c1NC(=O)CN1CCN(C(=O)CSc2nc3ccccc3n2C(F)F)CC1. The number of carbonyl (C=O) groups excluding carboxylic acids is 2. The molecule has 2 heterocycles. The molecule has 1 N–H and O–H groups in total. The zero-order valence-corrected chi connectivity index (χ0v) is 19.9. The number of amides is 2. The quantitative estimate of drug-likeness (QED) is 0.512. The average molecular weight is 488 g/mol. The third-order valence-corrected chi connectivity index (χ3v) is 6.86. The minimum Gasteiger partial charge on any atom is -0.339 e. The predicted molar refractivity (Wildman–Crippen MR) is 129 cm³/mol. The van der Waals surface area contributed by atoms with Crippen molar-refractivity contribution in [2.24, 2.45) is 0 Å². The number of fused-ring (bicyclic) bond motifs is 1. The van der Waals surface area contributed by atoms with Gasteiger partial charge in [-0.2, -0.15) is 8.78 Å². The maximum Gasteiger partial charge on any atom is 0.321 e. The second-order valence-corrected chi connectivity index (χ2v) is 9.23. The normalized spacial score (nSPS) is 14.7. The molecule has 1 aliphatic heterocycles. The molecule has 0 unspecified atom stereocenters. The molecule has 4 rings (SSSR count). The van der Waals surface area contributed by atoms with Crippen LogP contribution < -0.4 is 5.32 Å². The van der Waals surface area contributed by atoms with Crippen LogP contribution in [0.1, 0.15) is 17.7 Å². The first-order valence-corrected chi connectivity index (χ1v) is 12.1. The molecule has 2 amide bonds. The van der Waals surface area contributed by atoms with E-state index in [-0.39, 0.29) is 29.3 Å². The van der Waals surface area contributed by atoms with E-state index in [1.807, 2.05) is 36.9 Å². The Labute approximate surface area is 201 Å². The van der Waals surface area contributed by atoms with Crippen molar-refractivity contribution in [3.8, 4) is 0 Å². The number of aryl methyl sites for hydroxylation is 2. The van der Waals surface area contributed by atoms with Crippen LogP contribution in [-0.2, 0) is 9.59 Å². The third-order valence-electron chi connectivity index (χ3n) is 5.92. The minimum absolute atomic E-state index is 0.0308. The highest BCUT2D eigenvalue weighted by Gasteiger charge is 2.24. The monoisotopic (exact) mass is 487 g/mol. The zero-order valence-electron chi connectivity index (χ0n) is 19.1. The van der Waals surface area contributed by atoms with Crippen molar-refractivity contribution in [3.05, 3.63) is 53.6 Å². The molecule has 1 aromatic heterocycles. The molecule has 0 bridgehead atoms. The lowest BCUT2D eigenvalue weighted by Crippen LogP contribution is -2.51. The van der Waals surface area contributed by atoms with Crippen LogP contribution in [0.2, 0.25) is 0 Å². The van der Waals surface area contributed by atoms with Gasteiger partial charge in [0.25, 0.3) is 0 Å². The second-order valence-electron chi connectivity index (χ2n) is 8.29. The van der Waals surface area contributed by atoms with Gasteiger partial charge >= 0.3 is 6.55 Å². The average Bonchev–Trinajstić information content (AvgIpc) is 3.19. The van der Waals surface area contributed by atoms with Crippen molar-refractivity contribution >= 4 is 40.3 Å². The number of piperazine rings is 1. The Morgan fingerprint density at radius 2 is 1.71 bits per heavy atom. The Morgan fingerprint density at radius 1 is 1.03 bits per heavy atom. The Hall–Kier alpha value is -2.98. The van der Waals surface area contributed by atoms with Gasteiger partial charge in [0, 0.05) is 31.9 Å². The highest BCUT2D eigenvalue weighted by atomic mass is 32.2. The number of nitrogens with zero attached hydrogens (tertiary/aromatic N) is 4. The molecule has 3 aromatic rings. The fraction of sp³-hybridized carbons (Fsp3) is 0.375. The number of halogens is 2. The molecule has 0 aliphatic carbocycles. The van der Waals surface area contributed by atoms with Gasteiger partial charge in [-0.05, 0) is 37.1 Å². The summed E-state index contributed by atoms with van der Waals surface area (Å²) in [6, 6.07) is 12.6. The molecular weight excluding hydrogens is 460 g/mol. The van der Waals surface area contributed by atoms with Crippen LogP contribution in [0.15, 0.2) is 47.6 Å². The number of thioether (sulfide) groups is 1. The van der Waals surface area contributed by atoms with Gasteiger partial charge in [-0.3, -0.25) is 19.1 Å². The van der Waals surface area contributed by atoms with Crippen molar-refractivity contribution in [1.29, 1.82) is 0 Å². The lowest BCUT2D eigenvalue weighted by atomic mass is 10.1. The van der Waals surface area contributed by atoms with E-state index in [1.165, 1.54) is 0 Å². The van der Waals surface area contributed by atoms with Crippen LogP contribution in [0.5, 0.6) is 0 Å². The number of nitrogens with one attached hydrogen (secondary N) is 1. The van der Waals surface area contributed by atoms with E-state index in [0.717, 1.165) is 33.1 Å². The number of alkyl halides is 2. The molecular formula is C24H27F2N5O2S. The third kappa shape index (κ3) is 5.39. The number of aromatic nitrogens is 2. The molecule has 1 aliphatic rings. The van der Waals surface area contributed by atoms with Crippen LogP contribution in [0, 0.1) is 13.8 Å². The summed E-state index contributed by atoms with van der Waals surface area (Å²) in [6.45, 7) is 3.57. The molecule has 34 heavy (non-hydrogen) atoms. The first-order valence-electron chi connectivity index (χ1n) is 11.1. The highest BCUT2D eigenvalue weighted by Crippen LogP contribution is 2.29. The predicted octanol–water partition coefficient (Wildman–Crippen LogP) is 3.92. The Kier molecular flexibility index (Phi) is 7.47. The van der Waals surface area contributed by atoms with Crippen LogP contribution in [-0.4, -0.2) is 69.6 Å². The van der Waals surface area contributed by atoms with Gasteiger partial charge in [-0.25, -0.2) is 4.98 Å². The number of anilines is 1. The number of para-hydroxylation sites is 3. The van der Waals surface area contributed by atoms with Crippen molar-refractivity contribution in [2.45, 2.75) is 25.6 Å². The first-order chi connectivity index (χ1) is 16.3. The van der Waals surface area contributed by atoms with E-state index in [9.17, 15) is 18.4 Å². The van der Waals surface area contributed by atoms with Gasteiger partial charge in [-0.15, -0.1) is 0 Å². The molecule has 1 fully saturated rings. The molecule has 7 nitrogen and oxygen atoms in total. The molecule has 0 radical (unpaired) electrons. The number of rotatable bonds is 7.